The van der Waals surface area contributed by atoms with Crippen molar-refractivity contribution in [3.8, 4) is 16.9 Å². The summed E-state index contributed by atoms with van der Waals surface area (Å²) in [7, 11) is 0. The first-order chi connectivity index (χ1) is 10.1. The summed E-state index contributed by atoms with van der Waals surface area (Å²) in [5.41, 5.74) is 4.75. The fourth-order valence-electron chi connectivity index (χ4n) is 2.59. The van der Waals surface area contributed by atoms with Gasteiger partial charge in [0.25, 0.3) is 5.69 Å². The molecule has 1 aliphatic carbocycles. The summed E-state index contributed by atoms with van der Waals surface area (Å²) >= 11 is 0. The van der Waals surface area contributed by atoms with E-state index < -0.39 is 0 Å². The Bertz CT molecular complexity index is 750. The average molecular weight is 281 g/mol. The van der Waals surface area contributed by atoms with Gasteiger partial charge >= 0.3 is 0 Å². The number of non-ortho nitro benzene ring substituents is 1. The van der Waals surface area contributed by atoms with Crippen molar-refractivity contribution >= 4 is 11.3 Å². The maximum Gasteiger partial charge on any atom is 0.270 e. The summed E-state index contributed by atoms with van der Waals surface area (Å²) in [5.74, 6) is 0.805. The van der Waals surface area contributed by atoms with Crippen LogP contribution in [0.15, 0.2) is 43.0 Å². The first-order valence-corrected chi connectivity index (χ1v) is 6.87. The lowest BCUT2D eigenvalue weighted by atomic mass is 10.1. The number of rotatable bonds is 4. The second-order valence-electron chi connectivity index (χ2n) is 5.02. The quantitative estimate of drug-likeness (QED) is 0.525. The van der Waals surface area contributed by atoms with E-state index in [1.165, 1.54) is 6.07 Å². The monoisotopic (exact) mass is 281 g/mol. The summed E-state index contributed by atoms with van der Waals surface area (Å²) in [5, 5.41) is 10.9. The Morgan fingerprint density at radius 3 is 2.43 bits per heavy atom. The van der Waals surface area contributed by atoms with Gasteiger partial charge in [-0.15, -0.1) is 0 Å². The molecule has 2 aromatic rings. The van der Waals surface area contributed by atoms with Gasteiger partial charge in [0.1, 0.15) is 5.75 Å². The largest absolute Gasteiger partial charge is 0.494 e. The molecule has 0 atom stereocenters. The summed E-state index contributed by atoms with van der Waals surface area (Å²) in [6.07, 6.45) is 0.949. The Hall–Kier alpha value is -2.62. The molecule has 1 aliphatic rings. The molecule has 106 valence electrons. The van der Waals surface area contributed by atoms with Gasteiger partial charge in [-0.3, -0.25) is 10.1 Å². The van der Waals surface area contributed by atoms with Crippen molar-refractivity contribution in [1.29, 1.82) is 0 Å². The second-order valence-corrected chi connectivity index (χ2v) is 5.02. The zero-order chi connectivity index (χ0) is 15.0. The third-order valence-electron chi connectivity index (χ3n) is 3.62. The van der Waals surface area contributed by atoms with Gasteiger partial charge in [-0.2, -0.15) is 0 Å². The van der Waals surface area contributed by atoms with Crippen molar-refractivity contribution in [2.75, 3.05) is 6.61 Å². The van der Waals surface area contributed by atoms with E-state index in [0.29, 0.717) is 6.61 Å². The minimum absolute atomic E-state index is 0.0881. The molecule has 0 saturated heterocycles. The van der Waals surface area contributed by atoms with Crippen LogP contribution in [0, 0.1) is 10.1 Å². The standard InChI is InChI=1S/C17H15NO3/c1-3-8-21-13-5-7-15-14-6-4-12(18(19)20)9-16(14)11(2)17(15)10-13/h4-7,9-10H,2-3,8H2,1H3. The fraction of sp³-hybridized carbons (Fsp3) is 0.176. The highest BCUT2D eigenvalue weighted by Crippen LogP contribution is 2.45. The Morgan fingerprint density at radius 1 is 1.10 bits per heavy atom. The highest BCUT2D eigenvalue weighted by atomic mass is 16.6. The molecule has 0 bridgehead atoms. The third kappa shape index (κ3) is 2.18. The predicted octanol–water partition coefficient (Wildman–Crippen LogP) is 4.43. The zero-order valence-corrected chi connectivity index (χ0v) is 11.8. The molecule has 0 fully saturated rings. The lowest BCUT2D eigenvalue weighted by Crippen LogP contribution is -1.95. The number of hydrogen-bond acceptors (Lipinski definition) is 3. The lowest BCUT2D eigenvalue weighted by molar-refractivity contribution is -0.384. The maximum atomic E-state index is 10.9. The van der Waals surface area contributed by atoms with E-state index in [0.717, 1.165) is 40.0 Å². The van der Waals surface area contributed by atoms with Gasteiger partial charge < -0.3 is 4.74 Å². The average Bonchev–Trinajstić information content (AvgIpc) is 2.77. The lowest BCUT2D eigenvalue weighted by Gasteiger charge is -2.07. The minimum atomic E-state index is -0.383. The molecule has 0 unspecified atom stereocenters. The van der Waals surface area contributed by atoms with Gasteiger partial charge in [0.2, 0.25) is 0 Å². The first-order valence-electron chi connectivity index (χ1n) is 6.87. The smallest absolute Gasteiger partial charge is 0.270 e. The molecule has 4 heteroatoms. The molecule has 0 N–H and O–H groups in total. The predicted molar refractivity (Wildman–Crippen MR) is 82.5 cm³/mol. The number of nitro benzene ring substituents is 1. The van der Waals surface area contributed by atoms with E-state index in [4.69, 9.17) is 4.74 Å². The molecular weight excluding hydrogens is 266 g/mol. The summed E-state index contributed by atoms with van der Waals surface area (Å²) in [6, 6.07) is 10.8. The number of nitro groups is 1. The van der Waals surface area contributed by atoms with Gasteiger partial charge in [-0.05, 0) is 52.4 Å². The molecule has 0 aromatic heterocycles. The minimum Gasteiger partial charge on any atom is -0.494 e. The van der Waals surface area contributed by atoms with Crippen LogP contribution in [0.3, 0.4) is 0 Å². The van der Waals surface area contributed by atoms with Crippen LogP contribution in [-0.4, -0.2) is 11.5 Å². The fourth-order valence-corrected chi connectivity index (χ4v) is 2.59. The highest BCUT2D eigenvalue weighted by Gasteiger charge is 2.24. The van der Waals surface area contributed by atoms with Gasteiger partial charge in [-0.1, -0.05) is 19.6 Å². The SMILES string of the molecule is C=C1c2cc(OCCC)ccc2-c2ccc([N+](=O)[O-])cc21. The summed E-state index contributed by atoms with van der Waals surface area (Å²) < 4.78 is 5.64. The number of fused-ring (bicyclic) bond motifs is 3. The van der Waals surface area contributed by atoms with E-state index in [-0.39, 0.29) is 10.6 Å². The molecular formula is C17H15NO3. The second kappa shape index (κ2) is 5.05. The maximum absolute atomic E-state index is 10.9. The van der Waals surface area contributed by atoms with Crippen molar-refractivity contribution in [2.24, 2.45) is 0 Å². The van der Waals surface area contributed by atoms with Crippen molar-refractivity contribution in [2.45, 2.75) is 13.3 Å². The van der Waals surface area contributed by atoms with Gasteiger partial charge in [0, 0.05) is 12.1 Å². The topological polar surface area (TPSA) is 52.4 Å². The van der Waals surface area contributed by atoms with Crippen LogP contribution in [-0.2, 0) is 0 Å². The van der Waals surface area contributed by atoms with E-state index >= 15 is 0 Å². The Balaban J connectivity index is 2.05. The third-order valence-corrected chi connectivity index (χ3v) is 3.62. The van der Waals surface area contributed by atoms with Crippen molar-refractivity contribution in [3.05, 3.63) is 64.2 Å². The Labute approximate surface area is 122 Å². The van der Waals surface area contributed by atoms with Crippen LogP contribution in [0.4, 0.5) is 5.69 Å². The van der Waals surface area contributed by atoms with Gasteiger partial charge in [0.05, 0.1) is 11.5 Å². The number of nitrogens with zero attached hydrogens (tertiary/aromatic N) is 1. The van der Waals surface area contributed by atoms with Crippen molar-refractivity contribution in [1.82, 2.24) is 0 Å². The summed E-state index contributed by atoms with van der Waals surface area (Å²) in [6.45, 7) is 6.81. The molecule has 0 aliphatic heterocycles. The summed E-state index contributed by atoms with van der Waals surface area (Å²) in [4.78, 5) is 10.5. The van der Waals surface area contributed by atoms with Crippen LogP contribution in [0.2, 0.25) is 0 Å². The normalized spacial score (nSPS) is 12.0. The van der Waals surface area contributed by atoms with E-state index in [9.17, 15) is 10.1 Å². The molecule has 0 heterocycles. The van der Waals surface area contributed by atoms with E-state index in [1.54, 1.807) is 12.1 Å². The molecule has 0 radical (unpaired) electrons. The highest BCUT2D eigenvalue weighted by molar-refractivity contribution is 6.01. The van der Waals surface area contributed by atoms with Crippen molar-refractivity contribution in [3.63, 3.8) is 0 Å². The van der Waals surface area contributed by atoms with Crippen LogP contribution in [0.1, 0.15) is 24.5 Å². The van der Waals surface area contributed by atoms with Gasteiger partial charge in [-0.25, -0.2) is 0 Å². The number of benzene rings is 2. The molecule has 4 nitrogen and oxygen atoms in total. The van der Waals surface area contributed by atoms with E-state index in [1.807, 2.05) is 18.2 Å². The van der Waals surface area contributed by atoms with Crippen LogP contribution in [0.5, 0.6) is 5.75 Å². The molecule has 3 rings (SSSR count). The van der Waals surface area contributed by atoms with E-state index in [2.05, 4.69) is 13.5 Å². The zero-order valence-electron chi connectivity index (χ0n) is 11.8. The van der Waals surface area contributed by atoms with Crippen molar-refractivity contribution < 1.29 is 9.66 Å². The molecule has 0 spiro atoms. The Morgan fingerprint density at radius 2 is 1.76 bits per heavy atom. The van der Waals surface area contributed by atoms with Crippen LogP contribution >= 0.6 is 0 Å². The molecule has 21 heavy (non-hydrogen) atoms. The number of ether oxygens (including phenoxy) is 1. The van der Waals surface area contributed by atoms with Crippen LogP contribution < -0.4 is 4.74 Å². The molecule has 2 aromatic carbocycles. The van der Waals surface area contributed by atoms with Gasteiger partial charge in [0.15, 0.2) is 0 Å². The molecule has 0 amide bonds. The van der Waals surface area contributed by atoms with Crippen LogP contribution in [0.25, 0.3) is 16.7 Å². The first kappa shape index (κ1) is 13.4. The molecule has 0 saturated carbocycles. The Kier molecular flexibility index (Phi) is 3.22. The number of hydrogen-bond donors (Lipinski definition) is 0.